The molecule has 96 valence electrons. The van der Waals surface area contributed by atoms with Crippen LogP contribution in [0.4, 0.5) is 0 Å². The van der Waals surface area contributed by atoms with E-state index in [1.165, 1.54) is 7.11 Å². The van der Waals surface area contributed by atoms with Crippen LogP contribution in [-0.4, -0.2) is 19.0 Å². The number of cyclic esters (lactones) is 2. The summed E-state index contributed by atoms with van der Waals surface area (Å²) in [5.74, 6) is -3.08. The van der Waals surface area contributed by atoms with Gasteiger partial charge in [-0.2, -0.15) is 0 Å². The van der Waals surface area contributed by atoms with E-state index in [0.29, 0.717) is 5.56 Å². The lowest BCUT2D eigenvalue weighted by atomic mass is 10.0. The zero-order chi connectivity index (χ0) is 13.3. The summed E-state index contributed by atoms with van der Waals surface area (Å²) in [7, 11) is 1.33. The lowest BCUT2D eigenvalue weighted by Crippen LogP contribution is -2.44. The van der Waals surface area contributed by atoms with Crippen LogP contribution < -0.4 is 0 Å². The summed E-state index contributed by atoms with van der Waals surface area (Å²) in [6.07, 6.45) is -0.393. The minimum atomic E-state index is -1.76. The van der Waals surface area contributed by atoms with Crippen molar-refractivity contribution in [2.75, 3.05) is 7.11 Å². The van der Waals surface area contributed by atoms with E-state index in [-0.39, 0.29) is 0 Å². The number of aryl methyl sites for hydroxylation is 1. The van der Waals surface area contributed by atoms with Crippen molar-refractivity contribution in [1.29, 1.82) is 0 Å². The van der Waals surface area contributed by atoms with E-state index in [0.717, 1.165) is 11.1 Å². The van der Waals surface area contributed by atoms with Gasteiger partial charge >= 0.3 is 17.9 Å². The molecule has 0 radical (unpaired) electrons. The van der Waals surface area contributed by atoms with Gasteiger partial charge in [-0.25, -0.2) is 0 Å². The monoisotopic (exact) mass is 250 g/mol. The summed E-state index contributed by atoms with van der Waals surface area (Å²) in [6.45, 7) is 3.76. The molecule has 1 saturated heterocycles. The Morgan fingerprint density at radius 1 is 1.17 bits per heavy atom. The zero-order valence-electron chi connectivity index (χ0n) is 10.5. The van der Waals surface area contributed by atoms with Crippen molar-refractivity contribution in [3.63, 3.8) is 0 Å². The predicted octanol–water partition coefficient (Wildman–Crippen LogP) is 1.55. The van der Waals surface area contributed by atoms with Crippen molar-refractivity contribution in [3.8, 4) is 0 Å². The van der Waals surface area contributed by atoms with Crippen LogP contribution in [-0.2, 0) is 29.8 Å². The van der Waals surface area contributed by atoms with Gasteiger partial charge in [0, 0.05) is 7.11 Å². The summed E-state index contributed by atoms with van der Waals surface area (Å²) in [4.78, 5) is 22.8. The Morgan fingerprint density at radius 2 is 1.78 bits per heavy atom. The molecule has 1 aromatic carbocycles. The number of hydrogen-bond acceptors (Lipinski definition) is 5. The van der Waals surface area contributed by atoms with Gasteiger partial charge < -0.3 is 14.2 Å². The number of carbonyl (C=O) groups is 2. The summed E-state index contributed by atoms with van der Waals surface area (Å²) in [5.41, 5.74) is 2.36. The fourth-order valence-corrected chi connectivity index (χ4v) is 1.90. The van der Waals surface area contributed by atoms with Gasteiger partial charge in [-0.1, -0.05) is 12.1 Å². The van der Waals surface area contributed by atoms with E-state index in [4.69, 9.17) is 14.2 Å². The molecule has 0 aliphatic carbocycles. The smallest absolute Gasteiger partial charge is 0.394 e. The molecule has 0 bridgehead atoms. The highest BCUT2D eigenvalue weighted by Gasteiger charge is 2.47. The minimum absolute atomic E-state index is 0.393. The molecule has 18 heavy (non-hydrogen) atoms. The van der Waals surface area contributed by atoms with E-state index < -0.39 is 24.3 Å². The van der Waals surface area contributed by atoms with Crippen LogP contribution in [0.15, 0.2) is 18.2 Å². The van der Waals surface area contributed by atoms with Crippen LogP contribution in [0, 0.1) is 13.8 Å². The molecule has 2 rings (SSSR count). The third kappa shape index (κ3) is 1.97. The molecule has 0 atom stereocenters. The predicted molar refractivity (Wildman–Crippen MR) is 61.4 cm³/mol. The molecule has 1 aliphatic heterocycles. The minimum Gasteiger partial charge on any atom is -0.394 e. The summed E-state index contributed by atoms with van der Waals surface area (Å²) < 4.78 is 15.4. The Hall–Kier alpha value is -1.88. The SMILES string of the molecule is COC1(c2cccc(C)c2C)OC(=O)CC(=O)O1. The molecular weight excluding hydrogens is 236 g/mol. The van der Waals surface area contributed by atoms with Crippen molar-refractivity contribution >= 4 is 11.9 Å². The first kappa shape index (κ1) is 12.6. The van der Waals surface area contributed by atoms with Crippen molar-refractivity contribution in [2.45, 2.75) is 26.2 Å². The van der Waals surface area contributed by atoms with E-state index in [1.54, 1.807) is 12.1 Å². The van der Waals surface area contributed by atoms with Gasteiger partial charge in [0.15, 0.2) is 0 Å². The average Bonchev–Trinajstić information content (AvgIpc) is 2.31. The Balaban J connectivity index is 2.52. The molecule has 0 N–H and O–H groups in total. The summed E-state index contributed by atoms with van der Waals surface area (Å²) in [6, 6.07) is 5.40. The molecule has 0 aromatic heterocycles. The second-order valence-corrected chi connectivity index (χ2v) is 4.13. The van der Waals surface area contributed by atoms with Crippen molar-refractivity contribution in [3.05, 3.63) is 34.9 Å². The Morgan fingerprint density at radius 3 is 2.33 bits per heavy atom. The third-order valence-electron chi connectivity index (χ3n) is 2.99. The maximum Gasteiger partial charge on any atom is 0.405 e. The molecule has 1 aliphatic rings. The van der Waals surface area contributed by atoms with Gasteiger partial charge in [0.1, 0.15) is 6.42 Å². The van der Waals surface area contributed by atoms with Gasteiger partial charge in [0.05, 0.1) is 5.56 Å². The molecule has 0 saturated carbocycles. The molecule has 1 heterocycles. The molecule has 0 unspecified atom stereocenters. The lowest BCUT2D eigenvalue weighted by molar-refractivity contribution is -0.357. The van der Waals surface area contributed by atoms with Crippen molar-refractivity contribution in [1.82, 2.24) is 0 Å². The topological polar surface area (TPSA) is 61.8 Å². The van der Waals surface area contributed by atoms with Gasteiger partial charge in [-0.3, -0.25) is 9.59 Å². The molecular formula is C13H14O5. The fraction of sp³-hybridized carbons (Fsp3) is 0.385. The quantitative estimate of drug-likeness (QED) is 0.588. The first-order chi connectivity index (χ1) is 8.48. The highest BCUT2D eigenvalue weighted by atomic mass is 16.9. The zero-order valence-corrected chi connectivity index (χ0v) is 10.5. The van der Waals surface area contributed by atoms with Crippen LogP contribution in [0.3, 0.4) is 0 Å². The van der Waals surface area contributed by atoms with E-state index in [1.807, 2.05) is 19.9 Å². The Kier molecular flexibility index (Phi) is 3.09. The van der Waals surface area contributed by atoms with Gasteiger partial charge in [-0.15, -0.1) is 0 Å². The maximum atomic E-state index is 11.4. The molecule has 5 heteroatoms. The number of rotatable bonds is 2. The summed E-state index contributed by atoms with van der Waals surface area (Å²) in [5, 5.41) is 0. The van der Waals surface area contributed by atoms with Crippen LogP contribution >= 0.6 is 0 Å². The number of hydrogen-bond donors (Lipinski definition) is 0. The number of carbonyl (C=O) groups excluding carboxylic acids is 2. The summed E-state index contributed by atoms with van der Waals surface area (Å²) >= 11 is 0. The van der Waals surface area contributed by atoms with E-state index >= 15 is 0 Å². The second kappa shape index (κ2) is 4.42. The number of esters is 2. The molecule has 0 spiro atoms. The third-order valence-corrected chi connectivity index (χ3v) is 2.99. The first-order valence-corrected chi connectivity index (χ1v) is 5.54. The normalized spacial score (nSPS) is 18.2. The maximum absolute atomic E-state index is 11.4. The first-order valence-electron chi connectivity index (χ1n) is 5.54. The Labute approximate surface area is 105 Å². The molecule has 5 nitrogen and oxygen atoms in total. The van der Waals surface area contributed by atoms with E-state index in [9.17, 15) is 9.59 Å². The molecule has 1 fully saturated rings. The van der Waals surface area contributed by atoms with Crippen LogP contribution in [0.1, 0.15) is 23.1 Å². The highest BCUT2D eigenvalue weighted by Crippen LogP contribution is 2.35. The van der Waals surface area contributed by atoms with Gasteiger partial charge in [-0.05, 0) is 31.0 Å². The molecule has 0 amide bonds. The van der Waals surface area contributed by atoms with Crippen LogP contribution in [0.2, 0.25) is 0 Å². The van der Waals surface area contributed by atoms with Gasteiger partial charge in [0.2, 0.25) is 0 Å². The standard InChI is InChI=1S/C13H14O5/c1-8-5-4-6-10(9(8)2)13(16-3)17-11(14)7-12(15)18-13/h4-6H,7H2,1-3H3. The average molecular weight is 250 g/mol. The number of benzene rings is 1. The molecule has 1 aromatic rings. The fourth-order valence-electron chi connectivity index (χ4n) is 1.90. The largest absolute Gasteiger partial charge is 0.405 e. The Bertz CT molecular complexity index is 490. The van der Waals surface area contributed by atoms with E-state index in [2.05, 4.69) is 0 Å². The van der Waals surface area contributed by atoms with Crippen molar-refractivity contribution in [2.24, 2.45) is 0 Å². The highest BCUT2D eigenvalue weighted by molar-refractivity contribution is 5.93. The number of methoxy groups -OCH3 is 1. The lowest BCUT2D eigenvalue weighted by Gasteiger charge is -2.34. The van der Waals surface area contributed by atoms with Crippen LogP contribution in [0.5, 0.6) is 0 Å². The second-order valence-electron chi connectivity index (χ2n) is 4.13. The van der Waals surface area contributed by atoms with Crippen molar-refractivity contribution < 1.29 is 23.8 Å². The van der Waals surface area contributed by atoms with Gasteiger partial charge in [0.25, 0.3) is 0 Å². The van der Waals surface area contributed by atoms with Crippen LogP contribution in [0.25, 0.3) is 0 Å². The number of ether oxygens (including phenoxy) is 3.